The predicted octanol–water partition coefficient (Wildman–Crippen LogP) is 2.24. The van der Waals surface area contributed by atoms with Gasteiger partial charge in [0.1, 0.15) is 5.76 Å². The van der Waals surface area contributed by atoms with E-state index >= 15 is 0 Å². The molecule has 0 aromatic carbocycles. The lowest BCUT2D eigenvalue weighted by molar-refractivity contribution is -0.143. The van der Waals surface area contributed by atoms with Crippen LogP contribution in [0.25, 0.3) is 0 Å². The number of urea groups is 1. The van der Waals surface area contributed by atoms with Gasteiger partial charge in [-0.3, -0.25) is 4.90 Å². The first-order chi connectivity index (χ1) is 11.3. The van der Waals surface area contributed by atoms with Crippen LogP contribution in [0.4, 0.5) is 18.0 Å². The molecule has 1 aliphatic heterocycles. The first-order valence-electron chi connectivity index (χ1n) is 8.12. The summed E-state index contributed by atoms with van der Waals surface area (Å²) < 4.78 is 42.3. The van der Waals surface area contributed by atoms with E-state index in [1.165, 1.54) is 4.90 Å². The van der Waals surface area contributed by atoms with E-state index < -0.39 is 12.7 Å². The number of carbonyl (C=O) groups excluding carboxylic acids is 1. The van der Waals surface area contributed by atoms with Gasteiger partial charge < -0.3 is 15.2 Å². The van der Waals surface area contributed by atoms with E-state index in [1.807, 2.05) is 13.8 Å². The van der Waals surface area contributed by atoms with Crippen LogP contribution in [0.3, 0.4) is 0 Å². The number of nitrogens with zero attached hydrogens (tertiary/aromatic N) is 2. The summed E-state index contributed by atoms with van der Waals surface area (Å²) in [5, 5.41) is 9.43. The molecule has 0 aliphatic carbocycles. The SMILES string of the molecule is CCc1noc(CC)c1CNC(=O)N[C@H]1CCN(CC(F)(F)F)C1. The summed E-state index contributed by atoms with van der Waals surface area (Å²) in [5.41, 5.74) is 1.68. The number of nitrogens with one attached hydrogen (secondary N) is 2. The van der Waals surface area contributed by atoms with Crippen molar-refractivity contribution in [1.82, 2.24) is 20.7 Å². The van der Waals surface area contributed by atoms with Gasteiger partial charge in [0.2, 0.25) is 0 Å². The maximum absolute atomic E-state index is 12.4. The monoisotopic (exact) mass is 348 g/mol. The summed E-state index contributed by atoms with van der Waals surface area (Å²) in [6, 6.07) is -0.662. The quantitative estimate of drug-likeness (QED) is 0.827. The average molecular weight is 348 g/mol. The zero-order chi connectivity index (χ0) is 17.7. The Balaban J connectivity index is 1.79. The van der Waals surface area contributed by atoms with Gasteiger partial charge in [0, 0.05) is 37.7 Å². The first kappa shape index (κ1) is 18.6. The third-order valence-corrected chi connectivity index (χ3v) is 4.04. The van der Waals surface area contributed by atoms with Crippen LogP contribution in [0.15, 0.2) is 4.52 Å². The summed E-state index contributed by atoms with van der Waals surface area (Å²) in [5.74, 6) is 0.740. The number of aryl methyl sites for hydroxylation is 2. The second-order valence-corrected chi connectivity index (χ2v) is 5.90. The van der Waals surface area contributed by atoms with Crippen LogP contribution in [0.5, 0.6) is 0 Å². The highest BCUT2D eigenvalue weighted by Crippen LogP contribution is 2.20. The molecule has 6 nitrogen and oxygen atoms in total. The highest BCUT2D eigenvalue weighted by molar-refractivity contribution is 5.74. The van der Waals surface area contributed by atoms with Crippen molar-refractivity contribution >= 4 is 6.03 Å². The highest BCUT2D eigenvalue weighted by atomic mass is 19.4. The Hall–Kier alpha value is -1.77. The molecule has 1 aliphatic rings. The summed E-state index contributed by atoms with van der Waals surface area (Å²) in [4.78, 5) is 13.3. The second kappa shape index (κ2) is 7.87. The van der Waals surface area contributed by atoms with Crippen molar-refractivity contribution in [3.63, 3.8) is 0 Å². The van der Waals surface area contributed by atoms with Gasteiger partial charge in [-0.05, 0) is 12.8 Å². The van der Waals surface area contributed by atoms with Gasteiger partial charge in [0.15, 0.2) is 0 Å². The maximum Gasteiger partial charge on any atom is 0.401 e. The molecular formula is C15H23F3N4O2. The lowest BCUT2D eigenvalue weighted by Gasteiger charge is -2.18. The fourth-order valence-electron chi connectivity index (χ4n) is 2.89. The molecule has 24 heavy (non-hydrogen) atoms. The molecule has 2 amide bonds. The summed E-state index contributed by atoms with van der Waals surface area (Å²) in [6.45, 7) is 3.79. The molecular weight excluding hydrogens is 325 g/mol. The molecule has 0 unspecified atom stereocenters. The predicted molar refractivity (Wildman–Crippen MR) is 81.5 cm³/mol. The number of likely N-dealkylation sites (tertiary alicyclic amines) is 1. The van der Waals surface area contributed by atoms with Crippen LogP contribution in [0, 0.1) is 0 Å². The Bertz CT molecular complexity index is 538. The number of alkyl halides is 3. The number of carbonyl (C=O) groups is 1. The van der Waals surface area contributed by atoms with E-state index in [2.05, 4.69) is 15.8 Å². The van der Waals surface area contributed by atoms with Crippen LogP contribution < -0.4 is 10.6 Å². The molecule has 1 saturated heterocycles. The first-order valence-corrected chi connectivity index (χ1v) is 8.12. The van der Waals surface area contributed by atoms with E-state index in [9.17, 15) is 18.0 Å². The molecule has 0 bridgehead atoms. The third-order valence-electron chi connectivity index (χ3n) is 4.04. The molecule has 0 saturated carbocycles. The van der Waals surface area contributed by atoms with E-state index in [-0.39, 0.29) is 18.6 Å². The lowest BCUT2D eigenvalue weighted by atomic mass is 10.1. The van der Waals surface area contributed by atoms with Gasteiger partial charge >= 0.3 is 12.2 Å². The average Bonchev–Trinajstić information content (AvgIpc) is 3.09. The molecule has 2 N–H and O–H groups in total. The van der Waals surface area contributed by atoms with Crippen LogP contribution in [0.1, 0.15) is 37.3 Å². The molecule has 0 radical (unpaired) electrons. The molecule has 2 rings (SSSR count). The Kier molecular flexibility index (Phi) is 6.09. The number of rotatable bonds is 6. The number of hydrogen-bond donors (Lipinski definition) is 2. The Morgan fingerprint density at radius 3 is 2.75 bits per heavy atom. The van der Waals surface area contributed by atoms with Gasteiger partial charge in [-0.15, -0.1) is 0 Å². The van der Waals surface area contributed by atoms with Gasteiger partial charge in [-0.25, -0.2) is 4.79 Å². The Morgan fingerprint density at radius 2 is 2.12 bits per heavy atom. The Morgan fingerprint density at radius 1 is 1.38 bits per heavy atom. The normalized spacial score (nSPS) is 18.8. The van der Waals surface area contributed by atoms with Crippen molar-refractivity contribution in [1.29, 1.82) is 0 Å². The Labute approximate surface area is 138 Å². The van der Waals surface area contributed by atoms with Crippen molar-refractivity contribution < 1.29 is 22.5 Å². The fraction of sp³-hybridized carbons (Fsp3) is 0.733. The van der Waals surface area contributed by atoms with Crippen molar-refractivity contribution in [2.75, 3.05) is 19.6 Å². The van der Waals surface area contributed by atoms with Gasteiger partial charge in [-0.2, -0.15) is 13.2 Å². The van der Waals surface area contributed by atoms with E-state index in [0.29, 0.717) is 32.4 Å². The number of hydrogen-bond acceptors (Lipinski definition) is 4. The number of amides is 2. The summed E-state index contributed by atoms with van der Waals surface area (Å²) in [7, 11) is 0. The van der Waals surface area contributed by atoms with Crippen LogP contribution in [-0.4, -0.2) is 47.9 Å². The van der Waals surface area contributed by atoms with Crippen molar-refractivity contribution in [3.8, 4) is 0 Å². The molecule has 1 aromatic heterocycles. The van der Waals surface area contributed by atoms with Crippen molar-refractivity contribution in [2.45, 2.75) is 51.9 Å². The molecule has 1 atom stereocenters. The van der Waals surface area contributed by atoms with Gasteiger partial charge in [0.25, 0.3) is 0 Å². The molecule has 1 aromatic rings. The van der Waals surface area contributed by atoms with E-state index in [1.54, 1.807) is 0 Å². The topological polar surface area (TPSA) is 70.4 Å². The molecule has 9 heteroatoms. The van der Waals surface area contributed by atoms with Crippen LogP contribution in [-0.2, 0) is 19.4 Å². The highest BCUT2D eigenvalue weighted by Gasteiger charge is 2.34. The lowest BCUT2D eigenvalue weighted by Crippen LogP contribution is -2.43. The molecule has 136 valence electrons. The van der Waals surface area contributed by atoms with Crippen LogP contribution >= 0.6 is 0 Å². The zero-order valence-electron chi connectivity index (χ0n) is 13.9. The number of halogens is 3. The molecule has 1 fully saturated rings. The maximum atomic E-state index is 12.4. The van der Waals surface area contributed by atoms with Crippen molar-refractivity contribution in [3.05, 3.63) is 17.0 Å². The van der Waals surface area contributed by atoms with Gasteiger partial charge in [-0.1, -0.05) is 19.0 Å². The van der Waals surface area contributed by atoms with E-state index in [0.717, 1.165) is 17.0 Å². The second-order valence-electron chi connectivity index (χ2n) is 5.90. The van der Waals surface area contributed by atoms with Crippen LogP contribution in [0.2, 0.25) is 0 Å². The van der Waals surface area contributed by atoms with Gasteiger partial charge in [0.05, 0.1) is 12.2 Å². The fourth-order valence-corrected chi connectivity index (χ4v) is 2.89. The largest absolute Gasteiger partial charge is 0.401 e. The summed E-state index contributed by atoms with van der Waals surface area (Å²) >= 11 is 0. The molecule has 2 heterocycles. The minimum absolute atomic E-state index is 0.209. The van der Waals surface area contributed by atoms with E-state index in [4.69, 9.17) is 4.52 Å². The minimum atomic E-state index is -4.21. The smallest absolute Gasteiger partial charge is 0.361 e. The number of aromatic nitrogens is 1. The summed E-state index contributed by atoms with van der Waals surface area (Å²) in [6.07, 6.45) is -2.31. The molecule has 0 spiro atoms. The standard InChI is InChI=1S/C15H23F3N4O2/c1-3-12-11(13(4-2)24-21-12)7-19-14(23)20-10-5-6-22(8-10)9-15(16,17)18/h10H,3-9H2,1-2H3,(H2,19,20,23)/t10-/m0/s1. The zero-order valence-corrected chi connectivity index (χ0v) is 13.9. The minimum Gasteiger partial charge on any atom is -0.361 e. The third kappa shape index (κ3) is 5.12. The van der Waals surface area contributed by atoms with Crippen molar-refractivity contribution in [2.24, 2.45) is 0 Å².